The fourth-order valence-electron chi connectivity index (χ4n) is 0.809. The molecule has 56 valence electrons. The molecule has 0 saturated carbocycles. The first-order valence-electron chi connectivity index (χ1n) is 3.96. The van der Waals surface area contributed by atoms with E-state index in [1.165, 1.54) is 18.1 Å². The minimum atomic E-state index is -0.648. The Morgan fingerprint density at radius 1 is 1.22 bits per heavy atom. The molecule has 0 bridgehead atoms. The Kier molecular flexibility index (Phi) is 6.80. The Bertz CT molecular complexity index is 55.0. The predicted octanol–water partition coefficient (Wildman–Crippen LogP) is 1.29. The van der Waals surface area contributed by atoms with Gasteiger partial charge in [-0.3, -0.25) is 0 Å². The lowest BCUT2D eigenvalue weighted by atomic mass is 11.0. The second-order valence-corrected chi connectivity index (χ2v) is 7.93. The largest absolute Gasteiger partial charge is 0.463 e. The summed E-state index contributed by atoms with van der Waals surface area (Å²) in [4.78, 5) is 0. The van der Waals surface area contributed by atoms with Gasteiger partial charge in [0.05, 0.1) is 0 Å². The second-order valence-electron chi connectivity index (χ2n) is 2.31. The monoisotopic (exact) mass is 162 g/mol. The zero-order valence-electron chi connectivity index (χ0n) is 6.81. The van der Waals surface area contributed by atoms with Gasteiger partial charge in [0.15, 0.2) is 9.04 Å². The van der Waals surface area contributed by atoms with Crippen molar-refractivity contribution in [3.63, 3.8) is 0 Å². The summed E-state index contributed by atoms with van der Waals surface area (Å²) in [7, 11) is -0.734. The van der Waals surface area contributed by atoms with Gasteiger partial charge < -0.3 is 4.12 Å². The van der Waals surface area contributed by atoms with E-state index in [9.17, 15) is 0 Å². The number of hydrogen-bond donors (Lipinski definition) is 0. The standard InChI is InChI=1S/C6H18OSi2/c1-4-8-7-9(5-2)6-3/h9H,4-6,8H2,1-3H3. The Hall–Kier alpha value is 0.394. The fourth-order valence-corrected chi connectivity index (χ4v) is 5.55. The van der Waals surface area contributed by atoms with Crippen LogP contribution in [-0.2, 0) is 4.12 Å². The highest BCUT2D eigenvalue weighted by atomic mass is 28.3. The van der Waals surface area contributed by atoms with Crippen LogP contribution in [0.1, 0.15) is 20.8 Å². The smallest absolute Gasteiger partial charge is 0.162 e. The molecule has 0 aromatic carbocycles. The zero-order chi connectivity index (χ0) is 7.11. The molecule has 0 N–H and O–H groups in total. The van der Waals surface area contributed by atoms with Crippen LogP contribution in [0, 0.1) is 0 Å². The Labute approximate surface area is 62.5 Å². The van der Waals surface area contributed by atoms with Gasteiger partial charge in [-0.1, -0.05) is 20.8 Å². The van der Waals surface area contributed by atoms with Crippen molar-refractivity contribution in [3.05, 3.63) is 0 Å². The van der Waals surface area contributed by atoms with Gasteiger partial charge in [0.25, 0.3) is 0 Å². The lowest BCUT2D eigenvalue weighted by Gasteiger charge is -2.10. The van der Waals surface area contributed by atoms with Crippen molar-refractivity contribution in [3.8, 4) is 0 Å². The van der Waals surface area contributed by atoms with Crippen molar-refractivity contribution in [2.75, 3.05) is 0 Å². The van der Waals surface area contributed by atoms with E-state index in [0.717, 1.165) is 0 Å². The molecule has 0 heterocycles. The predicted molar refractivity (Wildman–Crippen MR) is 48.2 cm³/mol. The van der Waals surface area contributed by atoms with Crippen LogP contribution < -0.4 is 0 Å². The third kappa shape index (κ3) is 4.87. The lowest BCUT2D eigenvalue weighted by Crippen LogP contribution is -2.17. The molecule has 0 aliphatic rings. The average molecular weight is 162 g/mol. The van der Waals surface area contributed by atoms with E-state index < -0.39 is 9.04 Å². The summed E-state index contributed by atoms with van der Waals surface area (Å²) in [6.45, 7) is 6.73. The fraction of sp³-hybridized carbons (Fsp3) is 1.00. The molecule has 0 spiro atoms. The average Bonchev–Trinajstić information content (AvgIpc) is 1.91. The molecule has 0 unspecified atom stereocenters. The molecule has 3 heteroatoms. The van der Waals surface area contributed by atoms with Crippen LogP contribution in [0.15, 0.2) is 0 Å². The van der Waals surface area contributed by atoms with Crippen molar-refractivity contribution in [1.29, 1.82) is 0 Å². The summed E-state index contributed by atoms with van der Waals surface area (Å²) in [5.41, 5.74) is 0. The molecular weight excluding hydrogens is 144 g/mol. The van der Waals surface area contributed by atoms with Crippen LogP contribution in [0.25, 0.3) is 0 Å². The maximum atomic E-state index is 5.77. The molecule has 0 rings (SSSR count). The lowest BCUT2D eigenvalue weighted by molar-refractivity contribution is 0.605. The van der Waals surface area contributed by atoms with Crippen LogP contribution >= 0.6 is 0 Å². The molecule has 0 aromatic rings. The van der Waals surface area contributed by atoms with E-state index in [2.05, 4.69) is 20.8 Å². The summed E-state index contributed by atoms with van der Waals surface area (Å²) < 4.78 is 5.77. The molecule has 0 fully saturated rings. The molecular formula is C6H18OSi2. The van der Waals surface area contributed by atoms with Gasteiger partial charge in [-0.2, -0.15) is 0 Å². The highest BCUT2D eigenvalue weighted by Crippen LogP contribution is 1.98. The molecule has 0 amide bonds. The second kappa shape index (κ2) is 6.51. The first kappa shape index (κ1) is 9.39. The molecule has 0 atom stereocenters. The number of rotatable bonds is 5. The maximum Gasteiger partial charge on any atom is 0.162 e. The SMILES string of the molecule is CC[SiH2]O[SiH](CC)CC. The van der Waals surface area contributed by atoms with Crippen molar-refractivity contribution >= 4 is 18.8 Å². The first-order chi connectivity index (χ1) is 4.35. The molecule has 0 aliphatic heterocycles. The minimum Gasteiger partial charge on any atom is -0.463 e. The van der Waals surface area contributed by atoms with E-state index in [4.69, 9.17) is 4.12 Å². The normalized spacial score (nSPS) is 12.0. The number of hydrogen-bond acceptors (Lipinski definition) is 1. The first-order valence-corrected chi connectivity index (χ1v) is 7.64. The van der Waals surface area contributed by atoms with Gasteiger partial charge in [0, 0.05) is 0 Å². The van der Waals surface area contributed by atoms with E-state index in [1.807, 2.05) is 0 Å². The summed E-state index contributed by atoms with van der Waals surface area (Å²) in [5.74, 6) is 0. The van der Waals surface area contributed by atoms with Gasteiger partial charge in [-0.05, 0) is 18.1 Å². The highest BCUT2D eigenvalue weighted by molar-refractivity contribution is 6.58. The van der Waals surface area contributed by atoms with Crippen molar-refractivity contribution in [2.24, 2.45) is 0 Å². The van der Waals surface area contributed by atoms with Crippen molar-refractivity contribution < 1.29 is 4.12 Å². The summed E-state index contributed by atoms with van der Waals surface area (Å²) in [6, 6.07) is 3.95. The Balaban J connectivity index is 3.09. The van der Waals surface area contributed by atoms with Crippen LogP contribution in [0.2, 0.25) is 18.1 Å². The molecule has 0 radical (unpaired) electrons. The molecule has 0 aromatic heterocycles. The Morgan fingerprint density at radius 2 is 1.78 bits per heavy atom. The third-order valence-electron chi connectivity index (χ3n) is 1.47. The van der Waals surface area contributed by atoms with Crippen LogP contribution in [0.4, 0.5) is 0 Å². The topological polar surface area (TPSA) is 9.23 Å². The van der Waals surface area contributed by atoms with E-state index in [0.29, 0.717) is 0 Å². The molecule has 0 aliphatic carbocycles. The van der Waals surface area contributed by atoms with Crippen molar-refractivity contribution in [1.82, 2.24) is 0 Å². The van der Waals surface area contributed by atoms with Gasteiger partial charge in [0.2, 0.25) is 0 Å². The maximum absolute atomic E-state index is 5.77. The highest BCUT2D eigenvalue weighted by Gasteiger charge is 2.03. The van der Waals surface area contributed by atoms with E-state index in [-0.39, 0.29) is 9.76 Å². The molecule has 0 saturated heterocycles. The van der Waals surface area contributed by atoms with E-state index in [1.54, 1.807) is 0 Å². The van der Waals surface area contributed by atoms with Gasteiger partial charge in [0.1, 0.15) is 9.76 Å². The van der Waals surface area contributed by atoms with Gasteiger partial charge in [-0.15, -0.1) is 0 Å². The summed E-state index contributed by atoms with van der Waals surface area (Å²) in [6.07, 6.45) is 0. The van der Waals surface area contributed by atoms with E-state index >= 15 is 0 Å². The quantitative estimate of drug-likeness (QED) is 0.554. The molecule has 1 nitrogen and oxygen atoms in total. The Morgan fingerprint density at radius 3 is 2.11 bits per heavy atom. The van der Waals surface area contributed by atoms with Crippen LogP contribution in [0.5, 0.6) is 0 Å². The van der Waals surface area contributed by atoms with Crippen molar-refractivity contribution in [2.45, 2.75) is 38.9 Å². The zero-order valence-corrected chi connectivity index (χ0v) is 9.38. The van der Waals surface area contributed by atoms with Gasteiger partial charge >= 0.3 is 0 Å². The van der Waals surface area contributed by atoms with Crippen LogP contribution in [0.3, 0.4) is 0 Å². The third-order valence-corrected chi connectivity index (χ3v) is 6.53. The summed E-state index contributed by atoms with van der Waals surface area (Å²) in [5, 5.41) is 0. The summed E-state index contributed by atoms with van der Waals surface area (Å²) >= 11 is 0. The van der Waals surface area contributed by atoms with Gasteiger partial charge in [-0.25, -0.2) is 0 Å². The van der Waals surface area contributed by atoms with Crippen LogP contribution in [-0.4, -0.2) is 18.8 Å². The minimum absolute atomic E-state index is 0.0860. The molecule has 9 heavy (non-hydrogen) atoms.